The molecule has 0 radical (unpaired) electrons. The Labute approximate surface area is 271 Å². The lowest BCUT2D eigenvalue weighted by Crippen LogP contribution is -2.40. The zero-order chi connectivity index (χ0) is 32.4. The van der Waals surface area contributed by atoms with Crippen molar-refractivity contribution in [1.82, 2.24) is 4.57 Å². The average molecular weight is 670 g/mol. The molecule has 0 fully saturated rings. The summed E-state index contributed by atoms with van der Waals surface area (Å²) in [5, 5.41) is 9.88. The third-order valence-electron chi connectivity index (χ3n) is 7.02. The van der Waals surface area contributed by atoms with E-state index in [1.165, 1.54) is 38.0 Å². The number of nitrogens with zero attached hydrogens (tertiary/aromatic N) is 2. The number of hydrogen-bond acceptors (Lipinski definition) is 9. The lowest BCUT2D eigenvalue weighted by atomic mass is 9.95. The third kappa shape index (κ3) is 6.32. The van der Waals surface area contributed by atoms with Crippen molar-refractivity contribution in [1.29, 1.82) is 0 Å². The summed E-state index contributed by atoms with van der Waals surface area (Å²) in [6.07, 6.45) is 1.64. The van der Waals surface area contributed by atoms with Crippen molar-refractivity contribution >= 4 is 52.6 Å². The van der Waals surface area contributed by atoms with E-state index in [0.29, 0.717) is 48.2 Å². The van der Waals surface area contributed by atoms with E-state index < -0.39 is 23.5 Å². The molecule has 1 N–H and O–H groups in total. The van der Waals surface area contributed by atoms with Gasteiger partial charge in [-0.25, -0.2) is 14.6 Å². The number of rotatable bonds is 9. The Kier molecular flexibility index (Phi) is 9.33. The van der Waals surface area contributed by atoms with Crippen LogP contribution in [0, 0.1) is 0 Å². The van der Waals surface area contributed by atoms with Gasteiger partial charge in [-0.15, -0.1) is 0 Å². The summed E-state index contributed by atoms with van der Waals surface area (Å²) in [4.78, 5) is 43.2. The van der Waals surface area contributed by atoms with Gasteiger partial charge < -0.3 is 24.1 Å². The van der Waals surface area contributed by atoms with Crippen molar-refractivity contribution in [2.24, 2.45) is 4.99 Å². The molecule has 232 valence electrons. The molecule has 0 unspecified atom stereocenters. The Balaban J connectivity index is 1.58. The molecule has 0 aliphatic carbocycles. The second-order valence-corrected chi connectivity index (χ2v) is 11.6. The third-order valence-corrected chi connectivity index (χ3v) is 8.52. The molecule has 1 aliphatic rings. The molecule has 3 aromatic carbocycles. The molecule has 1 atom stereocenters. The Hall–Kier alpha value is -4.58. The first kappa shape index (κ1) is 31.8. The fraction of sp³-hybridized carbons (Fsp3) is 0.188. The van der Waals surface area contributed by atoms with Gasteiger partial charge in [-0.1, -0.05) is 46.7 Å². The fourth-order valence-electron chi connectivity index (χ4n) is 4.97. The summed E-state index contributed by atoms with van der Waals surface area (Å²) in [5.41, 5.74) is 1.96. The van der Waals surface area contributed by atoms with Crippen molar-refractivity contribution in [2.45, 2.75) is 19.6 Å². The first-order valence-corrected chi connectivity index (χ1v) is 14.9. The molecule has 1 aromatic heterocycles. The van der Waals surface area contributed by atoms with Gasteiger partial charge in [0.25, 0.3) is 5.56 Å². The van der Waals surface area contributed by atoms with Crippen molar-refractivity contribution in [3.05, 3.63) is 118 Å². The molecule has 45 heavy (non-hydrogen) atoms. The van der Waals surface area contributed by atoms with Gasteiger partial charge in [-0.2, -0.15) is 0 Å². The quantitative estimate of drug-likeness (QED) is 0.247. The highest BCUT2D eigenvalue weighted by Crippen LogP contribution is 2.38. The second kappa shape index (κ2) is 13.2. The van der Waals surface area contributed by atoms with Crippen LogP contribution < -0.4 is 29.1 Å². The first-order valence-electron chi connectivity index (χ1n) is 13.3. The van der Waals surface area contributed by atoms with Gasteiger partial charge in [0.15, 0.2) is 16.3 Å². The number of hydrogen-bond donors (Lipinski definition) is 1. The zero-order valence-corrected chi connectivity index (χ0v) is 26.7. The summed E-state index contributed by atoms with van der Waals surface area (Å²) in [7, 11) is 4.21. The number of thiazole rings is 1. The van der Waals surface area contributed by atoms with Crippen molar-refractivity contribution in [3.63, 3.8) is 0 Å². The molecule has 10 nitrogen and oxygen atoms in total. The van der Waals surface area contributed by atoms with Crippen molar-refractivity contribution in [3.8, 4) is 17.2 Å². The van der Waals surface area contributed by atoms with Gasteiger partial charge >= 0.3 is 11.9 Å². The summed E-state index contributed by atoms with van der Waals surface area (Å²) in [5.74, 6) is -0.695. The number of carbonyl (C=O) groups is 2. The molecule has 0 amide bonds. The number of carboxylic acid groups (broad SMARTS) is 1. The minimum atomic E-state index is -1.04. The Bertz CT molecular complexity index is 2050. The number of aromatic carboxylic acids is 1. The molecule has 0 bridgehead atoms. The van der Waals surface area contributed by atoms with Crippen LogP contribution in [0.5, 0.6) is 17.2 Å². The number of carbonyl (C=O) groups excluding carboxylic acids is 1. The largest absolute Gasteiger partial charge is 0.496 e. The van der Waals surface area contributed by atoms with Gasteiger partial charge in [0.2, 0.25) is 0 Å². The summed E-state index contributed by atoms with van der Waals surface area (Å²) in [6.45, 7) is 1.72. The maximum atomic E-state index is 14.0. The van der Waals surface area contributed by atoms with E-state index in [-0.39, 0.29) is 28.5 Å². The number of ether oxygens (including phenoxy) is 4. The van der Waals surface area contributed by atoms with E-state index in [2.05, 4.69) is 4.99 Å². The second-order valence-electron chi connectivity index (χ2n) is 9.79. The lowest BCUT2D eigenvalue weighted by molar-refractivity contribution is -0.136. The number of methoxy groups -OCH3 is 3. The molecular weight excluding hydrogens is 643 g/mol. The number of carboxylic acids is 1. The molecule has 0 spiro atoms. The highest BCUT2D eigenvalue weighted by molar-refractivity contribution is 7.07. The van der Waals surface area contributed by atoms with Crippen molar-refractivity contribution < 1.29 is 33.6 Å². The van der Waals surface area contributed by atoms with E-state index in [1.54, 1.807) is 55.5 Å². The van der Waals surface area contributed by atoms with E-state index in [0.717, 1.165) is 11.3 Å². The van der Waals surface area contributed by atoms with Crippen LogP contribution in [-0.2, 0) is 16.1 Å². The van der Waals surface area contributed by atoms with Gasteiger partial charge in [-0.05, 0) is 66.6 Å². The van der Waals surface area contributed by atoms with Gasteiger partial charge in [-0.3, -0.25) is 9.36 Å². The summed E-state index contributed by atoms with van der Waals surface area (Å²) < 4.78 is 23.8. The van der Waals surface area contributed by atoms with Crippen LogP contribution in [0.4, 0.5) is 0 Å². The van der Waals surface area contributed by atoms with Crippen LogP contribution in [0.15, 0.2) is 75.7 Å². The minimum Gasteiger partial charge on any atom is -0.496 e. The number of allylic oxidation sites excluding steroid dienone is 1. The number of halogens is 2. The first-order chi connectivity index (χ1) is 21.6. The van der Waals surface area contributed by atoms with E-state index >= 15 is 0 Å². The molecular formula is C32H26Cl2N2O8S. The monoisotopic (exact) mass is 668 g/mol. The van der Waals surface area contributed by atoms with Gasteiger partial charge in [0.05, 0.1) is 47.7 Å². The predicted octanol–water partition coefficient (Wildman–Crippen LogP) is 5.01. The van der Waals surface area contributed by atoms with E-state index in [9.17, 15) is 19.5 Å². The molecule has 1 aliphatic heterocycles. The summed E-state index contributed by atoms with van der Waals surface area (Å²) in [6, 6.07) is 13.7. The average Bonchev–Trinajstić information content (AvgIpc) is 3.32. The van der Waals surface area contributed by atoms with Crippen LogP contribution >= 0.6 is 34.5 Å². The van der Waals surface area contributed by atoms with Crippen LogP contribution in [0.25, 0.3) is 6.08 Å². The molecule has 0 saturated carbocycles. The number of esters is 1. The van der Waals surface area contributed by atoms with Crippen molar-refractivity contribution in [2.75, 3.05) is 21.3 Å². The molecule has 4 aromatic rings. The predicted molar refractivity (Wildman–Crippen MR) is 170 cm³/mol. The zero-order valence-electron chi connectivity index (χ0n) is 24.4. The smallest absolute Gasteiger partial charge is 0.338 e. The summed E-state index contributed by atoms with van der Waals surface area (Å²) >= 11 is 14.1. The Morgan fingerprint density at radius 2 is 1.80 bits per heavy atom. The number of fused-ring (bicyclic) bond motifs is 1. The number of aromatic nitrogens is 1. The molecule has 0 saturated heterocycles. The highest BCUT2D eigenvalue weighted by atomic mass is 35.5. The Morgan fingerprint density at radius 3 is 2.49 bits per heavy atom. The lowest BCUT2D eigenvalue weighted by Gasteiger charge is -2.25. The SMILES string of the molecule is COC(=O)C1=C(C)N=c2s/c(=C\c3cc(Cl)c(OCc4cccc(C(=O)O)c4)c(OC)c3)c(=O)n2[C@@H]1c1cc(Cl)ccc1OC. The maximum absolute atomic E-state index is 14.0. The van der Waals surface area contributed by atoms with Gasteiger partial charge in [0, 0.05) is 10.6 Å². The fourth-order valence-corrected chi connectivity index (χ4v) is 6.47. The maximum Gasteiger partial charge on any atom is 0.338 e. The molecule has 5 rings (SSSR count). The van der Waals surface area contributed by atoms with Crippen LogP contribution in [0.1, 0.15) is 40.0 Å². The van der Waals surface area contributed by atoms with Crippen LogP contribution in [-0.4, -0.2) is 42.9 Å². The molecule has 13 heteroatoms. The topological polar surface area (TPSA) is 126 Å². The van der Waals surface area contributed by atoms with E-state index in [1.807, 2.05) is 0 Å². The Morgan fingerprint density at radius 1 is 1.04 bits per heavy atom. The molecule has 2 heterocycles. The minimum absolute atomic E-state index is 0.0456. The standard InChI is InChI=1S/C32H26Cl2N2O8S/c1-16-26(31(40)43-4)27(21-14-20(33)8-9-23(21)41-2)36-29(37)25(45-32(36)35-16)13-18-11-22(34)28(24(12-18)42-3)44-15-17-6-5-7-19(10-17)30(38)39/h5-14,27H,15H2,1-4H3,(H,38,39)/b25-13-/t27-/m1/s1. The van der Waals surface area contributed by atoms with E-state index in [4.69, 9.17) is 42.1 Å². The van der Waals surface area contributed by atoms with Crippen LogP contribution in [0.2, 0.25) is 10.0 Å². The number of benzene rings is 3. The van der Waals surface area contributed by atoms with Crippen LogP contribution in [0.3, 0.4) is 0 Å². The normalized spacial score (nSPS) is 14.4. The van der Waals surface area contributed by atoms with Gasteiger partial charge in [0.1, 0.15) is 18.4 Å². The highest BCUT2D eigenvalue weighted by Gasteiger charge is 2.35.